The fourth-order valence-electron chi connectivity index (χ4n) is 1.32. The summed E-state index contributed by atoms with van der Waals surface area (Å²) in [6.45, 7) is 0. The number of hydrogen-bond donors (Lipinski definition) is 0. The number of aliphatic imine (C=N–C) groups is 1. The van der Waals surface area contributed by atoms with E-state index in [0.717, 1.165) is 0 Å². The molecule has 0 saturated carbocycles. The monoisotopic (exact) mass is 365 g/mol. The summed E-state index contributed by atoms with van der Waals surface area (Å²) < 4.78 is 74.6. The van der Waals surface area contributed by atoms with Crippen LogP contribution in [0.25, 0.3) is 0 Å². The van der Waals surface area contributed by atoms with E-state index in [-0.39, 0.29) is 12.1 Å². The minimum absolute atomic E-state index is 0.174. The van der Waals surface area contributed by atoms with Crippen molar-refractivity contribution in [3.63, 3.8) is 0 Å². The van der Waals surface area contributed by atoms with Crippen molar-refractivity contribution in [3.8, 4) is 0 Å². The molecule has 126 valence electrons. The first kappa shape index (κ1) is 18.6. The zero-order valence-corrected chi connectivity index (χ0v) is 11.0. The van der Waals surface area contributed by atoms with E-state index in [1.165, 1.54) is 0 Å². The SMILES string of the molecule is O=[N+]([O-])c1cc(C(F)(F)F)cc([N+](=O)[O-])c1N=C(Cl)C(F)(F)F. The largest absolute Gasteiger partial charge is 0.444 e. The van der Waals surface area contributed by atoms with Crippen LogP contribution in [0.2, 0.25) is 0 Å². The Kier molecular flexibility index (Phi) is 4.84. The van der Waals surface area contributed by atoms with Crippen LogP contribution in [0.3, 0.4) is 0 Å². The van der Waals surface area contributed by atoms with Crippen molar-refractivity contribution in [1.29, 1.82) is 0 Å². The second kappa shape index (κ2) is 5.98. The van der Waals surface area contributed by atoms with Gasteiger partial charge in [-0.3, -0.25) is 20.2 Å². The van der Waals surface area contributed by atoms with Gasteiger partial charge in [-0.1, -0.05) is 11.6 Å². The molecular formula is C9H2ClF6N3O4. The number of hydrogen-bond acceptors (Lipinski definition) is 5. The first-order chi connectivity index (χ1) is 10.2. The molecule has 0 fully saturated rings. The van der Waals surface area contributed by atoms with Gasteiger partial charge in [0.2, 0.25) is 10.9 Å². The highest BCUT2D eigenvalue weighted by atomic mass is 35.5. The van der Waals surface area contributed by atoms with Crippen LogP contribution in [0, 0.1) is 20.2 Å². The molecule has 0 N–H and O–H groups in total. The predicted octanol–water partition coefficient (Wildman–Crippen LogP) is 4.35. The summed E-state index contributed by atoms with van der Waals surface area (Å²) in [6.07, 6.45) is -10.5. The Labute approximate surface area is 126 Å². The van der Waals surface area contributed by atoms with Crippen molar-refractivity contribution < 1.29 is 36.2 Å². The minimum atomic E-state index is -5.30. The van der Waals surface area contributed by atoms with Gasteiger partial charge in [-0.2, -0.15) is 26.3 Å². The fraction of sp³-hybridized carbons (Fsp3) is 0.222. The maximum Gasteiger partial charge on any atom is 0.444 e. The summed E-state index contributed by atoms with van der Waals surface area (Å²) in [7, 11) is 0. The molecule has 14 heteroatoms. The Balaban J connectivity index is 3.81. The van der Waals surface area contributed by atoms with Crippen LogP contribution in [-0.2, 0) is 6.18 Å². The second-order valence-corrected chi connectivity index (χ2v) is 4.13. The molecule has 1 aromatic rings. The Morgan fingerprint density at radius 1 is 1.00 bits per heavy atom. The number of nitro benzene ring substituents is 2. The maximum absolute atomic E-state index is 12.6. The number of rotatable bonds is 3. The molecular weight excluding hydrogens is 364 g/mol. The van der Waals surface area contributed by atoms with E-state index in [0.29, 0.717) is 0 Å². The van der Waals surface area contributed by atoms with E-state index in [9.17, 15) is 46.6 Å². The lowest BCUT2D eigenvalue weighted by Gasteiger charge is -2.09. The smallest absolute Gasteiger partial charge is 0.258 e. The molecule has 0 aromatic heterocycles. The Morgan fingerprint density at radius 2 is 1.39 bits per heavy atom. The van der Waals surface area contributed by atoms with Crippen molar-refractivity contribution in [2.75, 3.05) is 0 Å². The van der Waals surface area contributed by atoms with Gasteiger partial charge in [0.05, 0.1) is 15.4 Å². The van der Waals surface area contributed by atoms with Crippen molar-refractivity contribution in [2.45, 2.75) is 12.4 Å². The van der Waals surface area contributed by atoms with Gasteiger partial charge in [0.15, 0.2) is 0 Å². The Morgan fingerprint density at radius 3 is 1.65 bits per heavy atom. The molecule has 1 rings (SSSR count). The molecule has 0 aliphatic heterocycles. The summed E-state index contributed by atoms with van der Waals surface area (Å²) in [5.74, 6) is 0. The molecule has 0 amide bonds. The third-order valence-corrected chi connectivity index (χ3v) is 2.53. The summed E-state index contributed by atoms with van der Waals surface area (Å²) in [6, 6.07) is -0.348. The van der Waals surface area contributed by atoms with Gasteiger partial charge < -0.3 is 0 Å². The van der Waals surface area contributed by atoms with Gasteiger partial charge in [-0.15, -0.1) is 0 Å². The maximum atomic E-state index is 12.6. The van der Waals surface area contributed by atoms with Crippen molar-refractivity contribution >= 4 is 33.8 Å². The average Bonchev–Trinajstić information content (AvgIpc) is 2.35. The minimum Gasteiger partial charge on any atom is -0.258 e. The molecule has 7 nitrogen and oxygen atoms in total. The van der Waals surface area contributed by atoms with Gasteiger partial charge in [-0.25, -0.2) is 4.99 Å². The van der Waals surface area contributed by atoms with Crippen LogP contribution in [0.1, 0.15) is 5.56 Å². The summed E-state index contributed by atoms with van der Waals surface area (Å²) in [4.78, 5) is 20.9. The van der Waals surface area contributed by atoms with E-state index < -0.39 is 50.0 Å². The lowest BCUT2D eigenvalue weighted by atomic mass is 10.1. The zero-order valence-electron chi connectivity index (χ0n) is 10.3. The van der Waals surface area contributed by atoms with Gasteiger partial charge in [0.1, 0.15) is 0 Å². The van der Waals surface area contributed by atoms with Crippen LogP contribution in [-0.4, -0.2) is 21.2 Å². The fourth-order valence-corrected chi connectivity index (χ4v) is 1.41. The quantitative estimate of drug-likeness (QED) is 0.344. The first-order valence-corrected chi connectivity index (χ1v) is 5.48. The summed E-state index contributed by atoms with van der Waals surface area (Å²) >= 11 is 4.73. The van der Waals surface area contributed by atoms with E-state index >= 15 is 0 Å². The van der Waals surface area contributed by atoms with Crippen molar-refractivity contribution in [3.05, 3.63) is 37.9 Å². The lowest BCUT2D eigenvalue weighted by Crippen LogP contribution is -2.17. The average molecular weight is 366 g/mol. The first-order valence-electron chi connectivity index (χ1n) is 5.10. The van der Waals surface area contributed by atoms with Gasteiger partial charge in [0.25, 0.3) is 0 Å². The topological polar surface area (TPSA) is 98.6 Å². The summed E-state index contributed by atoms with van der Waals surface area (Å²) in [5.41, 5.74) is -6.63. The molecule has 0 unspecified atom stereocenters. The van der Waals surface area contributed by atoms with Gasteiger partial charge >= 0.3 is 23.7 Å². The Hall–Kier alpha value is -2.44. The molecule has 0 heterocycles. The lowest BCUT2D eigenvalue weighted by molar-refractivity contribution is -0.392. The number of benzene rings is 1. The van der Waals surface area contributed by atoms with Crippen LogP contribution in [0.5, 0.6) is 0 Å². The molecule has 0 aliphatic carbocycles. The second-order valence-electron chi connectivity index (χ2n) is 3.78. The van der Waals surface area contributed by atoms with Gasteiger partial charge in [0, 0.05) is 12.1 Å². The van der Waals surface area contributed by atoms with Crippen molar-refractivity contribution in [2.24, 2.45) is 4.99 Å². The number of nitrogens with zero attached hydrogens (tertiary/aromatic N) is 3. The standard InChI is InChI=1S/C9H2ClF6N3O4/c10-7(9(14,15)16)17-6-4(18(20)21)1-3(8(11,12)13)2-5(6)19(22)23/h1-2H. The van der Waals surface area contributed by atoms with Gasteiger partial charge in [-0.05, 0) is 0 Å². The van der Waals surface area contributed by atoms with Crippen LogP contribution >= 0.6 is 11.6 Å². The molecule has 0 spiro atoms. The van der Waals surface area contributed by atoms with Crippen molar-refractivity contribution in [1.82, 2.24) is 0 Å². The number of nitro groups is 2. The molecule has 0 saturated heterocycles. The van der Waals surface area contributed by atoms with E-state index in [4.69, 9.17) is 11.6 Å². The third-order valence-electron chi connectivity index (χ3n) is 2.23. The van der Waals surface area contributed by atoms with E-state index in [2.05, 4.69) is 4.99 Å². The highest BCUT2D eigenvalue weighted by Gasteiger charge is 2.40. The summed E-state index contributed by atoms with van der Waals surface area (Å²) in [5, 5.41) is 19.2. The highest BCUT2D eigenvalue weighted by Crippen LogP contribution is 2.43. The third kappa shape index (κ3) is 4.28. The zero-order chi connectivity index (χ0) is 18.2. The highest BCUT2D eigenvalue weighted by molar-refractivity contribution is 6.67. The van der Waals surface area contributed by atoms with Crippen LogP contribution < -0.4 is 0 Å². The normalized spacial score (nSPS) is 13.1. The van der Waals surface area contributed by atoms with E-state index in [1.807, 2.05) is 0 Å². The van der Waals surface area contributed by atoms with Crippen LogP contribution in [0.15, 0.2) is 17.1 Å². The molecule has 0 radical (unpaired) electrons. The molecule has 0 aliphatic rings. The molecule has 0 bridgehead atoms. The molecule has 1 aromatic carbocycles. The number of alkyl halides is 6. The molecule has 0 atom stereocenters. The number of halogens is 7. The Bertz CT molecular complexity index is 665. The van der Waals surface area contributed by atoms with E-state index in [1.54, 1.807) is 0 Å². The predicted molar refractivity (Wildman–Crippen MR) is 63.8 cm³/mol. The molecule has 23 heavy (non-hydrogen) atoms. The van der Waals surface area contributed by atoms with Crippen LogP contribution in [0.4, 0.5) is 43.4 Å².